The van der Waals surface area contributed by atoms with Crippen molar-refractivity contribution in [3.63, 3.8) is 0 Å². The highest BCUT2D eigenvalue weighted by Gasteiger charge is 2.25. The topological polar surface area (TPSA) is 76.0 Å². The minimum absolute atomic E-state index is 0.0177. The Kier molecular flexibility index (Phi) is 4.58. The Hall–Kier alpha value is -1.99. The van der Waals surface area contributed by atoms with Gasteiger partial charge < -0.3 is 9.30 Å². The van der Waals surface area contributed by atoms with Crippen molar-refractivity contribution in [3.8, 4) is 0 Å². The van der Waals surface area contributed by atoms with Crippen LogP contribution in [0.4, 0.5) is 0 Å². The molecule has 2 aromatic heterocycles. The quantitative estimate of drug-likeness (QED) is 0.917. The maximum atomic E-state index is 11.7. The molecule has 1 fully saturated rings. The number of aromatic amines is 1. The lowest BCUT2D eigenvalue weighted by molar-refractivity contribution is -0.0371. The fraction of sp³-hybridized carbons (Fsp3) is 0.562. The Morgan fingerprint density at radius 2 is 2.30 bits per heavy atom. The summed E-state index contributed by atoms with van der Waals surface area (Å²) in [6.45, 7) is 7.10. The second kappa shape index (κ2) is 6.64. The molecule has 7 nitrogen and oxygen atoms in total. The van der Waals surface area contributed by atoms with E-state index < -0.39 is 0 Å². The molecule has 0 bridgehead atoms. The van der Waals surface area contributed by atoms with Crippen LogP contribution < -0.4 is 5.56 Å². The van der Waals surface area contributed by atoms with Crippen molar-refractivity contribution in [1.29, 1.82) is 0 Å². The molecule has 124 valence electrons. The molecule has 0 unspecified atom stereocenters. The Labute approximate surface area is 135 Å². The van der Waals surface area contributed by atoms with Crippen LogP contribution in [0.25, 0.3) is 0 Å². The maximum Gasteiger partial charge on any atom is 0.250 e. The molecular formula is C16H23N5O2. The standard InChI is InChI=1S/C16H23N5O2/c1-11(2)15-17-16(19-18-15)13-10-21(6-7-23-13)9-12-4-5-20(3)14(22)8-12/h4-5,8,11,13H,6-7,9-10H2,1-3H3,(H,17,18,19)/t13-/m1/s1. The molecule has 7 heteroatoms. The summed E-state index contributed by atoms with van der Waals surface area (Å²) in [7, 11) is 1.76. The number of ether oxygens (including phenoxy) is 1. The molecule has 1 aliphatic heterocycles. The molecule has 0 aromatic carbocycles. The normalized spacial score (nSPS) is 19.4. The van der Waals surface area contributed by atoms with Gasteiger partial charge in [-0.05, 0) is 11.6 Å². The zero-order valence-electron chi connectivity index (χ0n) is 13.8. The van der Waals surface area contributed by atoms with Crippen molar-refractivity contribution in [1.82, 2.24) is 24.6 Å². The minimum atomic E-state index is -0.102. The first-order valence-corrected chi connectivity index (χ1v) is 7.94. The number of nitrogens with zero attached hydrogens (tertiary/aromatic N) is 4. The Morgan fingerprint density at radius 1 is 1.48 bits per heavy atom. The van der Waals surface area contributed by atoms with Gasteiger partial charge in [-0.1, -0.05) is 13.8 Å². The van der Waals surface area contributed by atoms with E-state index in [0.29, 0.717) is 12.5 Å². The zero-order chi connectivity index (χ0) is 16.4. The predicted molar refractivity (Wildman–Crippen MR) is 86.1 cm³/mol. The lowest BCUT2D eigenvalue weighted by Gasteiger charge is -2.31. The minimum Gasteiger partial charge on any atom is -0.368 e. The molecule has 0 saturated carbocycles. The van der Waals surface area contributed by atoms with Gasteiger partial charge in [-0.3, -0.25) is 14.8 Å². The van der Waals surface area contributed by atoms with Crippen LogP contribution in [-0.2, 0) is 18.3 Å². The highest BCUT2D eigenvalue weighted by atomic mass is 16.5. The van der Waals surface area contributed by atoms with Gasteiger partial charge in [0.05, 0.1) is 6.61 Å². The molecule has 3 rings (SSSR count). The third kappa shape index (κ3) is 3.68. The molecule has 1 atom stereocenters. The third-order valence-electron chi connectivity index (χ3n) is 4.07. The Morgan fingerprint density at radius 3 is 3.00 bits per heavy atom. The molecule has 3 heterocycles. The highest BCUT2D eigenvalue weighted by molar-refractivity contribution is 5.11. The molecule has 1 N–H and O–H groups in total. The number of nitrogens with one attached hydrogen (secondary N) is 1. The second-order valence-electron chi connectivity index (χ2n) is 6.31. The van der Waals surface area contributed by atoms with E-state index in [1.807, 2.05) is 6.07 Å². The number of hydrogen-bond acceptors (Lipinski definition) is 5. The average Bonchev–Trinajstić information content (AvgIpc) is 3.01. The highest BCUT2D eigenvalue weighted by Crippen LogP contribution is 2.21. The van der Waals surface area contributed by atoms with E-state index in [2.05, 4.69) is 33.9 Å². The Bertz CT molecular complexity index is 721. The molecule has 0 spiro atoms. The van der Waals surface area contributed by atoms with Gasteiger partial charge in [0.1, 0.15) is 6.10 Å². The largest absolute Gasteiger partial charge is 0.368 e. The SMILES string of the molecule is CC(C)c1n[nH]c([C@H]2CN(Cc3ccn(C)c(=O)c3)CCO2)n1. The van der Waals surface area contributed by atoms with Crippen molar-refractivity contribution >= 4 is 0 Å². The van der Waals surface area contributed by atoms with Crippen LogP contribution in [-0.4, -0.2) is 44.3 Å². The lowest BCUT2D eigenvalue weighted by atomic mass is 10.2. The first-order valence-electron chi connectivity index (χ1n) is 7.94. The number of aryl methyl sites for hydroxylation is 1. The molecule has 0 amide bonds. The summed E-state index contributed by atoms with van der Waals surface area (Å²) in [6, 6.07) is 3.67. The summed E-state index contributed by atoms with van der Waals surface area (Å²) in [4.78, 5) is 18.5. The summed E-state index contributed by atoms with van der Waals surface area (Å²) in [5.41, 5.74) is 1.04. The molecule has 2 aromatic rings. The number of H-pyrrole nitrogens is 1. The van der Waals surface area contributed by atoms with Gasteiger partial charge in [-0.25, -0.2) is 4.98 Å². The maximum absolute atomic E-state index is 11.7. The van der Waals surface area contributed by atoms with Crippen LogP contribution in [0.15, 0.2) is 23.1 Å². The number of morpholine rings is 1. The summed E-state index contributed by atoms with van der Waals surface area (Å²) in [5.74, 6) is 1.88. The number of pyridine rings is 1. The summed E-state index contributed by atoms with van der Waals surface area (Å²) < 4.78 is 7.40. The van der Waals surface area contributed by atoms with Gasteiger partial charge in [0.15, 0.2) is 11.6 Å². The van der Waals surface area contributed by atoms with Crippen molar-refractivity contribution in [2.45, 2.75) is 32.4 Å². The third-order valence-corrected chi connectivity index (χ3v) is 4.07. The van der Waals surface area contributed by atoms with Crippen molar-refractivity contribution in [3.05, 3.63) is 45.9 Å². The van der Waals surface area contributed by atoms with E-state index in [9.17, 15) is 4.79 Å². The summed E-state index contributed by atoms with van der Waals surface area (Å²) in [6.07, 6.45) is 1.70. The summed E-state index contributed by atoms with van der Waals surface area (Å²) >= 11 is 0. The van der Waals surface area contributed by atoms with Gasteiger partial charge in [0.25, 0.3) is 5.56 Å². The molecule has 1 saturated heterocycles. The van der Waals surface area contributed by atoms with Crippen molar-refractivity contribution in [2.24, 2.45) is 7.05 Å². The monoisotopic (exact) mass is 317 g/mol. The van der Waals surface area contributed by atoms with E-state index >= 15 is 0 Å². The van der Waals surface area contributed by atoms with Crippen LogP contribution in [0.2, 0.25) is 0 Å². The first-order chi connectivity index (χ1) is 11.0. The molecular weight excluding hydrogens is 294 g/mol. The Balaban J connectivity index is 1.67. The molecule has 0 aliphatic carbocycles. The smallest absolute Gasteiger partial charge is 0.250 e. The van der Waals surface area contributed by atoms with Gasteiger partial charge in [0, 0.05) is 44.9 Å². The van der Waals surface area contributed by atoms with Crippen LogP contribution in [0, 0.1) is 0 Å². The van der Waals surface area contributed by atoms with Gasteiger partial charge in [0.2, 0.25) is 0 Å². The summed E-state index contributed by atoms with van der Waals surface area (Å²) in [5, 5.41) is 7.23. The van der Waals surface area contributed by atoms with Crippen molar-refractivity contribution < 1.29 is 4.74 Å². The molecule has 23 heavy (non-hydrogen) atoms. The van der Waals surface area contributed by atoms with E-state index in [1.165, 1.54) is 0 Å². The van der Waals surface area contributed by atoms with Gasteiger partial charge in [-0.2, -0.15) is 5.10 Å². The average molecular weight is 317 g/mol. The number of rotatable bonds is 4. The molecule has 1 aliphatic rings. The van der Waals surface area contributed by atoms with Crippen LogP contribution in [0.3, 0.4) is 0 Å². The van der Waals surface area contributed by atoms with E-state index in [0.717, 1.165) is 36.8 Å². The second-order valence-corrected chi connectivity index (χ2v) is 6.31. The lowest BCUT2D eigenvalue weighted by Crippen LogP contribution is -2.38. The number of aromatic nitrogens is 4. The van der Waals surface area contributed by atoms with Crippen molar-refractivity contribution in [2.75, 3.05) is 19.7 Å². The van der Waals surface area contributed by atoms with E-state index in [4.69, 9.17) is 4.74 Å². The van der Waals surface area contributed by atoms with Crippen LogP contribution in [0.5, 0.6) is 0 Å². The van der Waals surface area contributed by atoms with E-state index in [-0.39, 0.29) is 11.7 Å². The number of hydrogen-bond donors (Lipinski definition) is 1. The van der Waals surface area contributed by atoms with Crippen LogP contribution in [0.1, 0.15) is 43.1 Å². The zero-order valence-corrected chi connectivity index (χ0v) is 13.8. The molecule has 0 radical (unpaired) electrons. The van der Waals surface area contributed by atoms with E-state index in [1.54, 1.807) is 23.9 Å². The fourth-order valence-corrected chi connectivity index (χ4v) is 2.65. The fourth-order valence-electron chi connectivity index (χ4n) is 2.65. The van der Waals surface area contributed by atoms with Gasteiger partial charge >= 0.3 is 0 Å². The first kappa shape index (κ1) is 15.9. The predicted octanol–water partition coefficient (Wildman–Crippen LogP) is 1.20. The van der Waals surface area contributed by atoms with Gasteiger partial charge in [-0.15, -0.1) is 0 Å². The van der Waals surface area contributed by atoms with Crippen LogP contribution >= 0.6 is 0 Å².